The number of halogens is 2. The van der Waals surface area contributed by atoms with Crippen LogP contribution in [-0.2, 0) is 11.2 Å². The maximum absolute atomic E-state index is 14.1. The van der Waals surface area contributed by atoms with Crippen LogP contribution < -0.4 is 10.5 Å². The van der Waals surface area contributed by atoms with Gasteiger partial charge in [-0.2, -0.15) is 0 Å². The summed E-state index contributed by atoms with van der Waals surface area (Å²) in [6, 6.07) is 11.5. The van der Waals surface area contributed by atoms with Crippen LogP contribution >= 0.6 is 0 Å². The Kier molecular flexibility index (Phi) is 5.19. The van der Waals surface area contributed by atoms with Gasteiger partial charge in [0.2, 0.25) is 5.91 Å². The van der Waals surface area contributed by atoms with Crippen molar-refractivity contribution in [3.05, 3.63) is 75.7 Å². The lowest BCUT2D eigenvalue weighted by molar-refractivity contribution is -0.134. The summed E-state index contributed by atoms with van der Waals surface area (Å²) in [5, 5.41) is 0.652. The zero-order chi connectivity index (χ0) is 22.4. The highest BCUT2D eigenvalue weighted by Crippen LogP contribution is 2.33. The number of pyridine rings is 1. The molecule has 2 fully saturated rings. The second-order valence-electron chi connectivity index (χ2n) is 8.84. The second-order valence-corrected chi connectivity index (χ2v) is 8.84. The van der Waals surface area contributed by atoms with Crippen LogP contribution in [0.5, 0.6) is 0 Å². The van der Waals surface area contributed by atoms with Gasteiger partial charge >= 0.3 is 0 Å². The molecule has 1 amide bonds. The minimum absolute atomic E-state index is 0.0648. The molecule has 3 aromatic rings. The highest BCUT2D eigenvalue weighted by atomic mass is 19.1. The Morgan fingerprint density at radius 1 is 1.06 bits per heavy atom. The summed E-state index contributed by atoms with van der Waals surface area (Å²) >= 11 is 0. The van der Waals surface area contributed by atoms with Crippen molar-refractivity contribution >= 4 is 22.4 Å². The molecular weight excluding hydrogens is 412 g/mol. The molecule has 2 aliphatic heterocycles. The molecule has 166 valence electrons. The molecule has 2 aliphatic rings. The zero-order valence-electron chi connectivity index (χ0n) is 17.9. The minimum Gasteiger partial charge on any atom is -0.367 e. The molecule has 7 heteroatoms. The van der Waals surface area contributed by atoms with Crippen molar-refractivity contribution in [1.82, 2.24) is 9.88 Å². The second kappa shape index (κ2) is 8.04. The quantitative estimate of drug-likeness (QED) is 0.673. The van der Waals surface area contributed by atoms with Gasteiger partial charge in [0, 0.05) is 43.0 Å². The van der Waals surface area contributed by atoms with E-state index in [2.05, 4.69) is 9.88 Å². The van der Waals surface area contributed by atoms with E-state index in [4.69, 9.17) is 0 Å². The number of benzene rings is 2. The van der Waals surface area contributed by atoms with Crippen molar-refractivity contribution in [3.63, 3.8) is 0 Å². The Bertz CT molecular complexity index is 1220. The normalized spacial score (nSPS) is 20.2. The fourth-order valence-corrected chi connectivity index (χ4v) is 5.21. The van der Waals surface area contributed by atoms with E-state index in [1.54, 1.807) is 24.3 Å². The van der Waals surface area contributed by atoms with Crippen molar-refractivity contribution < 1.29 is 13.6 Å². The number of nitrogens with zero attached hydrogens (tertiary/aromatic N) is 2. The molecule has 2 atom stereocenters. The summed E-state index contributed by atoms with van der Waals surface area (Å²) in [7, 11) is 0. The molecule has 5 nitrogen and oxygen atoms in total. The average Bonchev–Trinajstić information content (AvgIpc) is 3.04. The Morgan fingerprint density at radius 3 is 2.44 bits per heavy atom. The van der Waals surface area contributed by atoms with Crippen LogP contribution in [0.15, 0.2) is 47.3 Å². The molecule has 1 N–H and O–H groups in total. The number of aromatic nitrogens is 1. The van der Waals surface area contributed by atoms with Gasteiger partial charge in [0.1, 0.15) is 11.6 Å². The number of piperazine rings is 1. The topological polar surface area (TPSA) is 56.4 Å². The number of H-pyrrole nitrogens is 1. The third-order valence-corrected chi connectivity index (χ3v) is 6.80. The number of hydrogen-bond donors (Lipinski definition) is 1. The monoisotopic (exact) mass is 437 g/mol. The average molecular weight is 437 g/mol. The molecule has 0 saturated carbocycles. The first-order valence-corrected chi connectivity index (χ1v) is 11.0. The molecule has 32 heavy (non-hydrogen) atoms. The van der Waals surface area contributed by atoms with Crippen molar-refractivity contribution in [3.8, 4) is 0 Å². The van der Waals surface area contributed by atoms with Gasteiger partial charge < -0.3 is 14.8 Å². The van der Waals surface area contributed by atoms with E-state index in [-0.39, 0.29) is 29.2 Å². The number of hydrogen-bond acceptors (Lipinski definition) is 3. The Labute approximate surface area is 184 Å². The number of aromatic amines is 1. The number of amides is 1. The molecule has 0 aliphatic carbocycles. The summed E-state index contributed by atoms with van der Waals surface area (Å²) in [6.45, 7) is 3.31. The van der Waals surface area contributed by atoms with Gasteiger partial charge in [-0.1, -0.05) is 6.07 Å². The molecular formula is C25H25F2N3O2. The lowest BCUT2D eigenvalue weighted by atomic mass is 10.0. The lowest BCUT2D eigenvalue weighted by Crippen LogP contribution is -2.56. The number of fused-ring (bicyclic) bond motifs is 3. The predicted molar refractivity (Wildman–Crippen MR) is 120 cm³/mol. The van der Waals surface area contributed by atoms with Crippen molar-refractivity contribution in [2.45, 2.75) is 44.7 Å². The van der Waals surface area contributed by atoms with Gasteiger partial charge in [-0.3, -0.25) is 9.59 Å². The Hall–Kier alpha value is -3.22. The smallest absolute Gasteiger partial charge is 0.259 e. The number of rotatable bonds is 4. The van der Waals surface area contributed by atoms with Gasteiger partial charge in [-0.25, -0.2) is 8.78 Å². The summed E-state index contributed by atoms with van der Waals surface area (Å²) in [5.74, 6) is -0.714. The van der Waals surface area contributed by atoms with E-state index in [1.165, 1.54) is 18.2 Å². The lowest BCUT2D eigenvalue weighted by Gasteiger charge is -2.42. The number of carbonyl (C=O) groups is 1. The summed E-state index contributed by atoms with van der Waals surface area (Å²) in [5.41, 5.74) is 1.99. The van der Waals surface area contributed by atoms with E-state index in [0.29, 0.717) is 23.9 Å². The molecule has 0 radical (unpaired) electrons. The largest absolute Gasteiger partial charge is 0.367 e. The molecule has 2 unspecified atom stereocenters. The number of aryl methyl sites for hydroxylation is 2. The molecule has 1 aromatic heterocycles. The highest BCUT2D eigenvalue weighted by molar-refractivity contribution is 5.85. The first-order chi connectivity index (χ1) is 15.4. The van der Waals surface area contributed by atoms with E-state index >= 15 is 0 Å². The molecule has 5 rings (SSSR count). The van der Waals surface area contributed by atoms with Crippen molar-refractivity contribution in [2.75, 3.05) is 18.0 Å². The first-order valence-electron chi connectivity index (χ1n) is 11.0. The third-order valence-electron chi connectivity index (χ3n) is 6.80. The van der Waals surface area contributed by atoms with E-state index in [1.807, 2.05) is 11.8 Å². The fourth-order valence-electron chi connectivity index (χ4n) is 5.21. The van der Waals surface area contributed by atoms with Crippen LogP contribution in [0.3, 0.4) is 0 Å². The van der Waals surface area contributed by atoms with Gasteiger partial charge in [0.25, 0.3) is 5.56 Å². The molecule has 3 heterocycles. The number of carbonyl (C=O) groups excluding carboxylic acids is 1. The van der Waals surface area contributed by atoms with E-state index in [9.17, 15) is 18.4 Å². The van der Waals surface area contributed by atoms with Crippen LogP contribution in [-0.4, -0.2) is 41.0 Å². The molecule has 2 aromatic carbocycles. The number of nitrogens with one attached hydrogen (secondary N) is 1. The van der Waals surface area contributed by atoms with Gasteiger partial charge in [0.05, 0.1) is 5.39 Å². The Morgan fingerprint density at radius 2 is 1.75 bits per heavy atom. The maximum atomic E-state index is 14.1. The summed E-state index contributed by atoms with van der Waals surface area (Å²) in [4.78, 5) is 32.5. The van der Waals surface area contributed by atoms with E-state index < -0.39 is 11.4 Å². The van der Waals surface area contributed by atoms with Gasteiger partial charge in [-0.15, -0.1) is 0 Å². The fraction of sp³-hybridized carbons (Fsp3) is 0.360. The zero-order valence-corrected chi connectivity index (χ0v) is 17.9. The van der Waals surface area contributed by atoms with Crippen LogP contribution in [0.25, 0.3) is 10.8 Å². The standard InChI is InChI=1S/C25H25F2N3O2/c1-15-2-10-22(27)24-21(15)12-17(28-25(24)32)5-11-23(31)30-19-8-9-20(30)14-29(13-19)18-6-3-16(26)4-7-18/h2-4,6-7,10,12,19-20H,5,8-9,11,13-14H2,1H3,(H,28,32). The van der Waals surface area contributed by atoms with Crippen LogP contribution in [0.2, 0.25) is 0 Å². The Balaban J connectivity index is 1.29. The first kappa shape index (κ1) is 20.7. The third kappa shape index (κ3) is 3.66. The van der Waals surface area contributed by atoms with Crippen LogP contribution in [0.1, 0.15) is 30.5 Å². The van der Waals surface area contributed by atoms with Crippen LogP contribution in [0, 0.1) is 18.6 Å². The predicted octanol–water partition coefficient (Wildman–Crippen LogP) is 3.93. The van der Waals surface area contributed by atoms with Crippen molar-refractivity contribution in [2.24, 2.45) is 0 Å². The van der Waals surface area contributed by atoms with Crippen molar-refractivity contribution in [1.29, 1.82) is 0 Å². The van der Waals surface area contributed by atoms with E-state index in [0.717, 1.165) is 37.2 Å². The highest BCUT2D eigenvalue weighted by Gasteiger charge is 2.42. The molecule has 2 bridgehead atoms. The molecule has 2 saturated heterocycles. The maximum Gasteiger partial charge on any atom is 0.259 e. The SMILES string of the molecule is Cc1ccc(F)c2c(=O)[nH]c(CCC(=O)N3C4CCC3CN(c3ccc(F)cc3)C4)cc12. The molecule has 0 spiro atoms. The van der Waals surface area contributed by atoms with Gasteiger partial charge in [-0.05, 0) is 73.5 Å². The summed E-state index contributed by atoms with van der Waals surface area (Å²) < 4.78 is 27.3. The summed E-state index contributed by atoms with van der Waals surface area (Å²) in [6.07, 6.45) is 2.61. The minimum atomic E-state index is -0.537. The number of anilines is 1. The van der Waals surface area contributed by atoms with Crippen LogP contribution in [0.4, 0.5) is 14.5 Å². The van der Waals surface area contributed by atoms with Gasteiger partial charge in [0.15, 0.2) is 0 Å².